The number of hydrogen-bond acceptors (Lipinski definition) is 4. The number of ether oxygens (including phenoxy) is 1. The Morgan fingerprint density at radius 2 is 2.26 bits per heavy atom. The second-order valence-electron chi connectivity index (χ2n) is 4.46. The number of hydrogen-bond donors (Lipinski definition) is 1. The Bertz CT molecular complexity index is 556. The maximum Gasteiger partial charge on any atom is 0.243 e. The Kier molecular flexibility index (Phi) is 4.19. The Hall–Kier alpha value is -1.02. The fourth-order valence-electron chi connectivity index (χ4n) is 2.14. The van der Waals surface area contributed by atoms with E-state index in [1.54, 1.807) is 0 Å². The van der Waals surface area contributed by atoms with Crippen molar-refractivity contribution in [3.05, 3.63) is 29.6 Å². The first-order chi connectivity index (χ1) is 8.98. The number of nitrogens with zero attached hydrogens (tertiary/aromatic N) is 1. The van der Waals surface area contributed by atoms with Gasteiger partial charge in [-0.3, -0.25) is 0 Å². The summed E-state index contributed by atoms with van der Waals surface area (Å²) in [4.78, 5) is -0.0654. The summed E-state index contributed by atoms with van der Waals surface area (Å²) in [5, 5.41) is 0. The maximum absolute atomic E-state index is 13.6. The zero-order valence-electron chi connectivity index (χ0n) is 10.7. The highest BCUT2D eigenvalue weighted by atomic mass is 32.2. The summed E-state index contributed by atoms with van der Waals surface area (Å²) in [6.45, 7) is 0.747. The quantitative estimate of drug-likeness (QED) is 0.885. The molecule has 0 bridgehead atoms. The lowest BCUT2D eigenvalue weighted by Gasteiger charge is -2.23. The minimum absolute atomic E-state index is 0.0215. The average Bonchev–Trinajstić information content (AvgIpc) is 2.91. The van der Waals surface area contributed by atoms with Crippen molar-refractivity contribution in [2.75, 3.05) is 20.3 Å². The fraction of sp³-hybridized carbons (Fsp3) is 0.500. The molecule has 1 aromatic rings. The van der Waals surface area contributed by atoms with Crippen molar-refractivity contribution in [2.45, 2.75) is 23.9 Å². The summed E-state index contributed by atoms with van der Waals surface area (Å²) in [6, 6.07) is 3.76. The zero-order chi connectivity index (χ0) is 14.0. The standard InChI is InChI=1S/C12H17FN2O3S/c1-15(9-5-6-18-8-9)19(16,17)12-4-2-3-11(13)10(12)7-14/h2-4,9H,5-8,14H2,1H3. The molecule has 2 N–H and O–H groups in total. The lowest BCUT2D eigenvalue weighted by Crippen LogP contribution is -2.38. The molecule has 0 amide bonds. The molecule has 1 aliphatic rings. The minimum atomic E-state index is -3.75. The molecule has 1 unspecified atom stereocenters. The molecule has 1 aliphatic heterocycles. The van der Waals surface area contributed by atoms with Gasteiger partial charge in [0.2, 0.25) is 10.0 Å². The fourth-order valence-corrected chi connectivity index (χ4v) is 3.75. The van der Waals surface area contributed by atoms with Crippen molar-refractivity contribution >= 4 is 10.0 Å². The third kappa shape index (κ3) is 2.64. The molecule has 1 aromatic carbocycles. The van der Waals surface area contributed by atoms with Crippen LogP contribution in [0.15, 0.2) is 23.1 Å². The van der Waals surface area contributed by atoms with Gasteiger partial charge in [-0.1, -0.05) is 6.07 Å². The largest absolute Gasteiger partial charge is 0.380 e. The van der Waals surface area contributed by atoms with Gasteiger partial charge in [-0.25, -0.2) is 12.8 Å². The van der Waals surface area contributed by atoms with Crippen molar-refractivity contribution in [1.82, 2.24) is 4.31 Å². The van der Waals surface area contributed by atoms with Crippen molar-refractivity contribution in [2.24, 2.45) is 5.73 Å². The number of sulfonamides is 1. The van der Waals surface area contributed by atoms with Gasteiger partial charge in [0.15, 0.2) is 0 Å². The molecular formula is C12H17FN2O3S. The van der Waals surface area contributed by atoms with Gasteiger partial charge in [-0.2, -0.15) is 4.31 Å². The maximum atomic E-state index is 13.6. The molecule has 0 saturated carbocycles. The molecule has 1 saturated heterocycles. The minimum Gasteiger partial charge on any atom is -0.380 e. The molecule has 19 heavy (non-hydrogen) atoms. The number of likely N-dealkylation sites (N-methyl/N-ethyl adjacent to an activating group) is 1. The van der Waals surface area contributed by atoms with Crippen LogP contribution >= 0.6 is 0 Å². The van der Waals surface area contributed by atoms with E-state index in [1.807, 2.05) is 0 Å². The van der Waals surface area contributed by atoms with E-state index in [4.69, 9.17) is 10.5 Å². The van der Waals surface area contributed by atoms with Crippen LogP contribution < -0.4 is 5.73 Å². The molecule has 106 valence electrons. The number of rotatable bonds is 4. The molecule has 0 radical (unpaired) electrons. The number of halogens is 1. The van der Waals surface area contributed by atoms with Crippen LogP contribution in [0.4, 0.5) is 4.39 Å². The SMILES string of the molecule is CN(C1CCOC1)S(=O)(=O)c1cccc(F)c1CN. The van der Waals surface area contributed by atoms with E-state index in [2.05, 4.69) is 0 Å². The lowest BCUT2D eigenvalue weighted by atomic mass is 10.2. The number of benzene rings is 1. The van der Waals surface area contributed by atoms with Crippen LogP contribution in [-0.2, 0) is 21.3 Å². The van der Waals surface area contributed by atoms with Crippen LogP contribution in [0.2, 0.25) is 0 Å². The van der Waals surface area contributed by atoms with E-state index in [0.29, 0.717) is 19.6 Å². The van der Waals surface area contributed by atoms with E-state index in [9.17, 15) is 12.8 Å². The first kappa shape index (κ1) is 14.4. The van der Waals surface area contributed by atoms with Gasteiger partial charge < -0.3 is 10.5 Å². The van der Waals surface area contributed by atoms with Gasteiger partial charge in [0.25, 0.3) is 0 Å². The first-order valence-electron chi connectivity index (χ1n) is 6.01. The third-order valence-corrected chi connectivity index (χ3v) is 5.35. The van der Waals surface area contributed by atoms with E-state index >= 15 is 0 Å². The van der Waals surface area contributed by atoms with E-state index < -0.39 is 15.8 Å². The Labute approximate surface area is 112 Å². The third-order valence-electron chi connectivity index (χ3n) is 3.36. The van der Waals surface area contributed by atoms with Crippen molar-refractivity contribution in [3.63, 3.8) is 0 Å². The number of nitrogens with two attached hydrogens (primary N) is 1. The Balaban J connectivity index is 2.41. The predicted molar refractivity (Wildman–Crippen MR) is 68.5 cm³/mol. The van der Waals surface area contributed by atoms with Gasteiger partial charge >= 0.3 is 0 Å². The van der Waals surface area contributed by atoms with Crippen LogP contribution in [-0.4, -0.2) is 39.0 Å². The molecule has 0 spiro atoms. The molecular weight excluding hydrogens is 271 g/mol. The smallest absolute Gasteiger partial charge is 0.243 e. The molecule has 2 rings (SSSR count). The molecule has 1 atom stereocenters. The van der Waals surface area contributed by atoms with Crippen LogP contribution in [0.3, 0.4) is 0 Å². The Morgan fingerprint density at radius 3 is 2.84 bits per heavy atom. The van der Waals surface area contributed by atoms with Gasteiger partial charge in [-0.05, 0) is 18.6 Å². The first-order valence-corrected chi connectivity index (χ1v) is 7.45. The summed E-state index contributed by atoms with van der Waals surface area (Å²) in [5.74, 6) is -0.598. The zero-order valence-corrected chi connectivity index (χ0v) is 11.5. The molecule has 5 nitrogen and oxygen atoms in total. The van der Waals surface area contributed by atoms with Gasteiger partial charge in [0.05, 0.1) is 17.5 Å². The van der Waals surface area contributed by atoms with Crippen molar-refractivity contribution < 1.29 is 17.5 Å². The highest BCUT2D eigenvalue weighted by Gasteiger charge is 2.32. The summed E-state index contributed by atoms with van der Waals surface area (Å²) >= 11 is 0. The monoisotopic (exact) mass is 288 g/mol. The van der Waals surface area contributed by atoms with Crippen LogP contribution in [0.5, 0.6) is 0 Å². The van der Waals surface area contributed by atoms with Crippen molar-refractivity contribution in [1.29, 1.82) is 0 Å². The van der Waals surface area contributed by atoms with E-state index in [1.165, 1.54) is 29.6 Å². The van der Waals surface area contributed by atoms with Crippen LogP contribution in [0, 0.1) is 5.82 Å². The van der Waals surface area contributed by atoms with Crippen LogP contribution in [0.25, 0.3) is 0 Å². The van der Waals surface area contributed by atoms with Crippen LogP contribution in [0.1, 0.15) is 12.0 Å². The predicted octanol–water partition coefficient (Wildman–Crippen LogP) is 0.694. The lowest BCUT2D eigenvalue weighted by molar-refractivity contribution is 0.181. The summed E-state index contributed by atoms with van der Waals surface area (Å²) in [6.07, 6.45) is 0.642. The Morgan fingerprint density at radius 1 is 1.53 bits per heavy atom. The summed E-state index contributed by atoms with van der Waals surface area (Å²) in [5.41, 5.74) is 5.48. The molecule has 0 aliphatic carbocycles. The second kappa shape index (κ2) is 5.54. The average molecular weight is 288 g/mol. The molecule has 0 aromatic heterocycles. The summed E-state index contributed by atoms with van der Waals surface area (Å²) < 4.78 is 45.1. The van der Waals surface area contributed by atoms with Gasteiger partial charge in [0, 0.05) is 25.8 Å². The van der Waals surface area contributed by atoms with E-state index in [-0.39, 0.29) is 23.0 Å². The van der Waals surface area contributed by atoms with Gasteiger partial charge in [0.1, 0.15) is 5.82 Å². The molecule has 1 fully saturated rings. The second-order valence-corrected chi connectivity index (χ2v) is 6.43. The van der Waals surface area contributed by atoms with Crippen molar-refractivity contribution in [3.8, 4) is 0 Å². The highest BCUT2D eigenvalue weighted by molar-refractivity contribution is 7.89. The molecule has 7 heteroatoms. The van der Waals surface area contributed by atoms with E-state index in [0.717, 1.165) is 0 Å². The normalized spacial score (nSPS) is 20.1. The highest BCUT2D eigenvalue weighted by Crippen LogP contribution is 2.25. The summed E-state index contributed by atoms with van der Waals surface area (Å²) in [7, 11) is -2.27. The molecule has 1 heterocycles. The topological polar surface area (TPSA) is 72.6 Å². The van der Waals surface area contributed by atoms with Gasteiger partial charge in [-0.15, -0.1) is 0 Å².